The van der Waals surface area contributed by atoms with Gasteiger partial charge in [0.2, 0.25) is 0 Å². The van der Waals surface area contributed by atoms with Crippen molar-refractivity contribution in [3.63, 3.8) is 0 Å². The summed E-state index contributed by atoms with van der Waals surface area (Å²) >= 11 is 0. The lowest BCUT2D eigenvalue weighted by Gasteiger charge is -2.10. The van der Waals surface area contributed by atoms with Crippen LogP contribution in [0.5, 0.6) is 5.75 Å². The summed E-state index contributed by atoms with van der Waals surface area (Å²) in [6.45, 7) is 1.37. The second-order valence-electron chi connectivity index (χ2n) is 4.79. The maximum Gasteiger partial charge on any atom is 0.123 e. The zero-order chi connectivity index (χ0) is 15.1. The van der Waals surface area contributed by atoms with E-state index >= 15 is 0 Å². The van der Waals surface area contributed by atoms with E-state index in [9.17, 15) is 4.39 Å². The minimum absolute atomic E-state index is 0.277. The summed E-state index contributed by atoms with van der Waals surface area (Å²) < 4.78 is 24.0. The van der Waals surface area contributed by atoms with Crippen molar-refractivity contribution in [3.8, 4) is 5.75 Å². The average molecular weight is 289 g/mol. The molecule has 0 amide bonds. The van der Waals surface area contributed by atoms with E-state index in [0.717, 1.165) is 23.3 Å². The molecule has 0 unspecified atom stereocenters. The second kappa shape index (κ2) is 7.76. The van der Waals surface area contributed by atoms with Crippen LogP contribution < -0.4 is 10.5 Å². The summed E-state index contributed by atoms with van der Waals surface area (Å²) in [6.07, 6.45) is 0.873. The van der Waals surface area contributed by atoms with Gasteiger partial charge < -0.3 is 15.2 Å². The molecule has 2 aromatic carbocycles. The Morgan fingerprint density at radius 1 is 1.05 bits per heavy atom. The molecule has 0 atom stereocenters. The number of ether oxygens (including phenoxy) is 2. The van der Waals surface area contributed by atoms with Crippen molar-refractivity contribution in [2.24, 2.45) is 5.73 Å². The first kappa shape index (κ1) is 15.5. The summed E-state index contributed by atoms with van der Waals surface area (Å²) in [4.78, 5) is 0. The molecule has 0 saturated heterocycles. The van der Waals surface area contributed by atoms with Crippen LogP contribution in [-0.2, 0) is 24.3 Å². The van der Waals surface area contributed by atoms with Crippen LogP contribution in [0.2, 0.25) is 0 Å². The molecule has 0 heterocycles. The molecule has 0 fully saturated rings. The predicted molar refractivity (Wildman–Crippen MR) is 80.6 cm³/mol. The third kappa shape index (κ3) is 4.55. The summed E-state index contributed by atoms with van der Waals surface area (Å²) in [5.74, 6) is 0.476. The molecule has 0 aliphatic heterocycles. The quantitative estimate of drug-likeness (QED) is 0.852. The van der Waals surface area contributed by atoms with Gasteiger partial charge in [0.05, 0.1) is 6.61 Å². The smallest absolute Gasteiger partial charge is 0.123 e. The minimum Gasteiger partial charge on any atom is -0.489 e. The number of methoxy groups -OCH3 is 1. The Hall–Kier alpha value is -1.91. The molecule has 4 heteroatoms. The lowest BCUT2D eigenvalue weighted by molar-refractivity contribution is 0.202. The van der Waals surface area contributed by atoms with Gasteiger partial charge in [-0.1, -0.05) is 18.2 Å². The number of halogens is 1. The average Bonchev–Trinajstić information content (AvgIpc) is 2.52. The normalized spacial score (nSPS) is 10.6. The van der Waals surface area contributed by atoms with Crippen LogP contribution in [0.3, 0.4) is 0 Å². The third-order valence-corrected chi connectivity index (χ3v) is 3.30. The zero-order valence-corrected chi connectivity index (χ0v) is 12.1. The molecule has 2 rings (SSSR count). The molecule has 0 spiro atoms. The second-order valence-corrected chi connectivity index (χ2v) is 4.79. The maximum absolute atomic E-state index is 13.3. The number of hydrogen-bond donors (Lipinski definition) is 1. The van der Waals surface area contributed by atoms with Crippen molar-refractivity contribution in [2.45, 2.75) is 19.6 Å². The number of hydrogen-bond acceptors (Lipinski definition) is 3. The number of rotatable bonds is 7. The van der Waals surface area contributed by atoms with Crippen LogP contribution in [0.1, 0.15) is 16.7 Å². The standard InChI is InChI=1S/C17H20FNO2/c1-20-9-8-13-2-6-17(7-3-13)21-12-15-10-16(18)5-4-14(15)11-19/h2-7,10H,8-9,11-12,19H2,1H3. The van der Waals surface area contributed by atoms with Gasteiger partial charge in [-0.05, 0) is 47.4 Å². The van der Waals surface area contributed by atoms with Crippen LogP contribution in [0.15, 0.2) is 42.5 Å². The van der Waals surface area contributed by atoms with Gasteiger partial charge in [0.1, 0.15) is 18.2 Å². The van der Waals surface area contributed by atoms with E-state index in [1.807, 2.05) is 24.3 Å². The van der Waals surface area contributed by atoms with Crippen LogP contribution in [0.4, 0.5) is 4.39 Å². The Kier molecular flexibility index (Phi) is 5.72. The first-order valence-electron chi connectivity index (χ1n) is 6.91. The van der Waals surface area contributed by atoms with Crippen molar-refractivity contribution < 1.29 is 13.9 Å². The molecule has 2 N–H and O–H groups in total. The van der Waals surface area contributed by atoms with Crippen LogP contribution >= 0.6 is 0 Å². The van der Waals surface area contributed by atoms with Gasteiger partial charge in [-0.3, -0.25) is 0 Å². The zero-order valence-electron chi connectivity index (χ0n) is 12.1. The minimum atomic E-state index is -0.277. The van der Waals surface area contributed by atoms with E-state index in [1.165, 1.54) is 17.7 Å². The largest absolute Gasteiger partial charge is 0.489 e. The van der Waals surface area contributed by atoms with E-state index < -0.39 is 0 Å². The first-order valence-corrected chi connectivity index (χ1v) is 6.91. The SMILES string of the molecule is COCCc1ccc(OCc2cc(F)ccc2CN)cc1. The predicted octanol–water partition coefficient (Wildman–Crippen LogP) is 3.05. The Bertz CT molecular complexity index is 570. The lowest BCUT2D eigenvalue weighted by Crippen LogP contribution is -2.05. The molecule has 21 heavy (non-hydrogen) atoms. The van der Waals surface area contributed by atoms with Gasteiger partial charge in [0, 0.05) is 13.7 Å². The first-order chi connectivity index (χ1) is 10.2. The van der Waals surface area contributed by atoms with Gasteiger partial charge in [-0.25, -0.2) is 4.39 Å². The fourth-order valence-electron chi connectivity index (χ4n) is 2.06. The van der Waals surface area contributed by atoms with Gasteiger partial charge in [-0.2, -0.15) is 0 Å². The molecule has 0 aliphatic rings. The van der Waals surface area contributed by atoms with E-state index in [2.05, 4.69) is 0 Å². The third-order valence-electron chi connectivity index (χ3n) is 3.30. The Labute approximate surface area is 124 Å². The topological polar surface area (TPSA) is 44.5 Å². The van der Waals surface area contributed by atoms with E-state index in [1.54, 1.807) is 13.2 Å². The lowest BCUT2D eigenvalue weighted by atomic mass is 10.1. The summed E-state index contributed by atoms with van der Waals surface area (Å²) in [5, 5.41) is 0. The van der Waals surface area contributed by atoms with Crippen molar-refractivity contribution in [3.05, 3.63) is 65.0 Å². The molecule has 0 saturated carbocycles. The number of benzene rings is 2. The fourth-order valence-corrected chi connectivity index (χ4v) is 2.06. The van der Waals surface area contributed by atoms with Crippen LogP contribution in [0, 0.1) is 5.82 Å². The molecule has 0 aromatic heterocycles. The highest BCUT2D eigenvalue weighted by Gasteiger charge is 2.04. The highest BCUT2D eigenvalue weighted by molar-refractivity contribution is 5.30. The van der Waals surface area contributed by atoms with Gasteiger partial charge in [0.15, 0.2) is 0 Å². The summed E-state index contributed by atoms with van der Waals surface area (Å²) in [5.41, 5.74) is 8.51. The highest BCUT2D eigenvalue weighted by atomic mass is 19.1. The van der Waals surface area contributed by atoms with Crippen molar-refractivity contribution in [1.82, 2.24) is 0 Å². The Morgan fingerprint density at radius 2 is 1.81 bits per heavy atom. The van der Waals surface area contributed by atoms with Gasteiger partial charge in [0.25, 0.3) is 0 Å². The monoisotopic (exact) mass is 289 g/mol. The van der Waals surface area contributed by atoms with E-state index in [0.29, 0.717) is 19.8 Å². The van der Waals surface area contributed by atoms with Crippen molar-refractivity contribution >= 4 is 0 Å². The molecule has 0 bridgehead atoms. The molecular formula is C17H20FNO2. The van der Waals surface area contributed by atoms with Crippen LogP contribution in [0.25, 0.3) is 0 Å². The van der Waals surface area contributed by atoms with E-state index in [-0.39, 0.29) is 5.82 Å². The maximum atomic E-state index is 13.3. The van der Waals surface area contributed by atoms with Gasteiger partial charge >= 0.3 is 0 Å². The van der Waals surface area contributed by atoms with E-state index in [4.69, 9.17) is 15.2 Å². The van der Waals surface area contributed by atoms with Crippen molar-refractivity contribution in [1.29, 1.82) is 0 Å². The molecule has 2 aromatic rings. The molecule has 0 radical (unpaired) electrons. The molecule has 112 valence electrons. The van der Waals surface area contributed by atoms with Gasteiger partial charge in [-0.15, -0.1) is 0 Å². The Morgan fingerprint density at radius 3 is 2.48 bits per heavy atom. The summed E-state index contributed by atoms with van der Waals surface area (Å²) in [6, 6.07) is 12.4. The molecule has 0 aliphatic carbocycles. The molecule has 3 nitrogen and oxygen atoms in total. The van der Waals surface area contributed by atoms with Crippen molar-refractivity contribution in [2.75, 3.05) is 13.7 Å². The fraction of sp³-hybridized carbons (Fsp3) is 0.294. The molecular weight excluding hydrogens is 269 g/mol. The Balaban J connectivity index is 1.98. The van der Waals surface area contributed by atoms with Crippen LogP contribution in [-0.4, -0.2) is 13.7 Å². The number of nitrogens with two attached hydrogens (primary N) is 1. The summed E-state index contributed by atoms with van der Waals surface area (Å²) in [7, 11) is 1.69. The highest BCUT2D eigenvalue weighted by Crippen LogP contribution is 2.17.